The predicted molar refractivity (Wildman–Crippen MR) is 107 cm³/mol. The normalized spacial score (nSPS) is 13.9. The van der Waals surface area contributed by atoms with Crippen molar-refractivity contribution in [2.75, 3.05) is 26.4 Å². The molecule has 0 aliphatic carbocycles. The number of esters is 1. The number of sulfonamides is 1. The number of carbonyl (C=O) groups is 2. The van der Waals surface area contributed by atoms with E-state index in [1.165, 1.54) is 32.0 Å². The van der Waals surface area contributed by atoms with Crippen LogP contribution in [0.25, 0.3) is 0 Å². The second-order valence-electron chi connectivity index (χ2n) is 6.47. The highest BCUT2D eigenvalue weighted by molar-refractivity contribution is 7.89. The number of hydrogen-bond acceptors (Lipinski definition) is 9. The maximum absolute atomic E-state index is 12.4. The molecule has 11 heteroatoms. The van der Waals surface area contributed by atoms with Crippen molar-refractivity contribution in [2.24, 2.45) is 0 Å². The van der Waals surface area contributed by atoms with Gasteiger partial charge in [-0.25, -0.2) is 13.1 Å². The van der Waals surface area contributed by atoms with Gasteiger partial charge in [-0.3, -0.25) is 9.59 Å². The van der Waals surface area contributed by atoms with Crippen molar-refractivity contribution in [3.05, 3.63) is 29.5 Å². The Morgan fingerprint density at radius 1 is 1.20 bits per heavy atom. The summed E-state index contributed by atoms with van der Waals surface area (Å²) in [4.78, 5) is 23.2. The maximum Gasteiger partial charge on any atom is 0.306 e. The maximum atomic E-state index is 12.4. The van der Waals surface area contributed by atoms with E-state index in [2.05, 4.69) is 4.72 Å². The number of carbonyl (C=O) groups excluding carboxylic acids is 2. The second-order valence-corrected chi connectivity index (χ2v) is 8.24. The number of benzene rings is 1. The molecule has 164 valence electrons. The van der Waals surface area contributed by atoms with E-state index >= 15 is 0 Å². The highest BCUT2D eigenvalue weighted by Crippen LogP contribution is 2.32. The molecule has 1 heterocycles. The van der Waals surface area contributed by atoms with Gasteiger partial charge in [0.1, 0.15) is 25.6 Å². The Morgan fingerprint density at radius 2 is 1.87 bits per heavy atom. The molecule has 1 aromatic rings. The molecule has 0 atom stereocenters. The van der Waals surface area contributed by atoms with Gasteiger partial charge in [-0.1, -0.05) is 0 Å². The smallest absolute Gasteiger partial charge is 0.306 e. The molecule has 10 nitrogen and oxygen atoms in total. The van der Waals surface area contributed by atoms with E-state index in [1.807, 2.05) is 0 Å². The number of hydrogen-bond donors (Lipinski definition) is 3. The zero-order valence-electron chi connectivity index (χ0n) is 16.7. The fourth-order valence-corrected chi connectivity index (χ4v) is 3.78. The zero-order valence-corrected chi connectivity index (χ0v) is 17.5. The average Bonchev–Trinajstić information content (AvgIpc) is 2.68. The van der Waals surface area contributed by atoms with Crippen molar-refractivity contribution in [2.45, 2.75) is 31.6 Å². The number of allylic oxidation sites excluding steroid dienone is 1. The first-order chi connectivity index (χ1) is 14.1. The third kappa shape index (κ3) is 6.29. The molecule has 0 aromatic heterocycles. The summed E-state index contributed by atoms with van der Waals surface area (Å²) in [6.07, 6.45) is 0.0617. The first kappa shape index (κ1) is 23.4. The van der Waals surface area contributed by atoms with Gasteiger partial charge in [0.05, 0.1) is 10.5 Å². The van der Waals surface area contributed by atoms with E-state index in [4.69, 9.17) is 19.6 Å². The Labute approximate surface area is 174 Å². The fourth-order valence-electron chi connectivity index (χ4n) is 2.69. The molecule has 0 saturated carbocycles. The highest BCUT2D eigenvalue weighted by Gasteiger charge is 2.19. The van der Waals surface area contributed by atoms with Crippen molar-refractivity contribution < 1.29 is 37.3 Å². The van der Waals surface area contributed by atoms with Gasteiger partial charge < -0.3 is 24.7 Å². The van der Waals surface area contributed by atoms with Gasteiger partial charge in [-0.2, -0.15) is 0 Å². The van der Waals surface area contributed by atoms with Crippen LogP contribution in [0.4, 0.5) is 0 Å². The minimum absolute atomic E-state index is 0.00794. The lowest BCUT2D eigenvalue weighted by Crippen LogP contribution is -2.26. The standard InChI is InChI=1S/C19H24N2O8S/c1-12(20)19(13(2)22)15(23)11-29-18(24)4-3-7-21-30(25,26)14-5-6-16-17(10-14)28-9-8-27-16/h5-6,10,20-21,23H,3-4,7-9,11H2,1-2H3/b19-15-,20-12?. The molecule has 0 bridgehead atoms. The molecular formula is C19H24N2O8S. The van der Waals surface area contributed by atoms with Gasteiger partial charge in [0.25, 0.3) is 0 Å². The summed E-state index contributed by atoms with van der Waals surface area (Å²) in [5, 5.41) is 17.3. The summed E-state index contributed by atoms with van der Waals surface area (Å²) in [5.74, 6) is -0.852. The molecule has 3 N–H and O–H groups in total. The van der Waals surface area contributed by atoms with Crippen molar-refractivity contribution in [1.82, 2.24) is 4.72 Å². The van der Waals surface area contributed by atoms with E-state index in [-0.39, 0.29) is 35.6 Å². The molecule has 1 aliphatic heterocycles. The molecule has 1 aliphatic rings. The second kappa shape index (κ2) is 10.2. The lowest BCUT2D eigenvalue weighted by molar-refractivity contribution is -0.143. The van der Waals surface area contributed by atoms with Crippen LogP contribution in [0.1, 0.15) is 26.7 Å². The van der Waals surface area contributed by atoms with Gasteiger partial charge in [0.2, 0.25) is 10.0 Å². The van der Waals surface area contributed by atoms with Crippen LogP contribution in [0, 0.1) is 5.41 Å². The van der Waals surface area contributed by atoms with Gasteiger partial charge in [0.15, 0.2) is 17.3 Å². The van der Waals surface area contributed by atoms with E-state index in [0.717, 1.165) is 0 Å². The molecule has 30 heavy (non-hydrogen) atoms. The number of nitrogens with one attached hydrogen (secondary N) is 2. The number of aliphatic hydroxyl groups is 1. The average molecular weight is 440 g/mol. The largest absolute Gasteiger partial charge is 0.508 e. The lowest BCUT2D eigenvalue weighted by Gasteiger charge is -2.18. The van der Waals surface area contributed by atoms with Crippen LogP contribution < -0.4 is 14.2 Å². The molecule has 0 unspecified atom stereocenters. The fraction of sp³-hybridized carbons (Fsp3) is 0.421. The molecule has 0 amide bonds. The van der Waals surface area contributed by atoms with Crippen molar-refractivity contribution in [1.29, 1.82) is 5.41 Å². The third-order valence-corrected chi connectivity index (χ3v) is 5.52. The number of fused-ring (bicyclic) bond motifs is 1. The van der Waals surface area contributed by atoms with Crippen LogP contribution in [0.15, 0.2) is 34.4 Å². The van der Waals surface area contributed by atoms with Crippen LogP contribution in [0.2, 0.25) is 0 Å². The first-order valence-corrected chi connectivity index (χ1v) is 10.6. The number of Topliss-reactive ketones (excluding diaryl/α,β-unsaturated/α-hetero) is 1. The van der Waals surface area contributed by atoms with Crippen molar-refractivity contribution in [3.63, 3.8) is 0 Å². The molecule has 0 radical (unpaired) electrons. The molecule has 0 spiro atoms. The van der Waals surface area contributed by atoms with E-state index in [1.54, 1.807) is 0 Å². The van der Waals surface area contributed by atoms with Crippen LogP contribution in [-0.4, -0.2) is 57.4 Å². The van der Waals surface area contributed by atoms with Crippen LogP contribution in [0.5, 0.6) is 11.5 Å². The van der Waals surface area contributed by atoms with E-state index in [0.29, 0.717) is 24.7 Å². The molecule has 2 rings (SSSR count). The Bertz CT molecular complexity index is 953. The van der Waals surface area contributed by atoms with Crippen LogP contribution >= 0.6 is 0 Å². The zero-order chi connectivity index (χ0) is 22.3. The minimum Gasteiger partial charge on any atom is -0.508 e. The number of aliphatic hydroxyl groups excluding tert-OH is 1. The molecular weight excluding hydrogens is 416 g/mol. The van der Waals surface area contributed by atoms with Crippen molar-refractivity contribution >= 4 is 27.5 Å². The van der Waals surface area contributed by atoms with Gasteiger partial charge in [-0.05, 0) is 32.4 Å². The first-order valence-electron chi connectivity index (χ1n) is 9.15. The highest BCUT2D eigenvalue weighted by atomic mass is 32.2. The van der Waals surface area contributed by atoms with Crippen LogP contribution in [0.3, 0.4) is 0 Å². The quantitative estimate of drug-likeness (QED) is 0.163. The topological polar surface area (TPSA) is 152 Å². The Balaban J connectivity index is 1.81. The summed E-state index contributed by atoms with van der Waals surface area (Å²) in [6.45, 7) is 2.73. The lowest BCUT2D eigenvalue weighted by atomic mass is 10.1. The summed E-state index contributed by atoms with van der Waals surface area (Å²) in [6, 6.07) is 4.29. The Kier molecular flexibility index (Phi) is 7.95. The van der Waals surface area contributed by atoms with Crippen molar-refractivity contribution in [3.8, 4) is 11.5 Å². The third-order valence-electron chi connectivity index (χ3n) is 4.06. The molecule has 1 aromatic carbocycles. The molecule has 0 saturated heterocycles. The minimum atomic E-state index is -3.79. The Morgan fingerprint density at radius 3 is 2.50 bits per heavy atom. The van der Waals surface area contributed by atoms with E-state index < -0.39 is 34.1 Å². The number of ether oxygens (including phenoxy) is 3. The summed E-state index contributed by atoms with van der Waals surface area (Å²) < 4.78 is 42.7. The number of ketones is 1. The summed E-state index contributed by atoms with van der Waals surface area (Å²) in [5.41, 5.74) is -0.334. The summed E-state index contributed by atoms with van der Waals surface area (Å²) >= 11 is 0. The van der Waals surface area contributed by atoms with E-state index in [9.17, 15) is 23.1 Å². The Hall–Kier alpha value is -2.92. The van der Waals surface area contributed by atoms with Gasteiger partial charge in [0, 0.05) is 24.7 Å². The monoisotopic (exact) mass is 440 g/mol. The molecule has 0 fully saturated rings. The predicted octanol–water partition coefficient (Wildman–Crippen LogP) is 1.50. The van der Waals surface area contributed by atoms with Gasteiger partial charge >= 0.3 is 5.97 Å². The van der Waals surface area contributed by atoms with Gasteiger partial charge in [-0.15, -0.1) is 0 Å². The summed E-state index contributed by atoms with van der Waals surface area (Å²) in [7, 11) is -3.79. The number of rotatable bonds is 10. The SMILES string of the molecule is CC(=N)/C(C(C)=O)=C(/O)COC(=O)CCCNS(=O)(=O)c1ccc2c(c1)OCCO2. The van der Waals surface area contributed by atoms with Crippen LogP contribution in [-0.2, 0) is 24.3 Å².